The lowest BCUT2D eigenvalue weighted by Gasteiger charge is -2.47. The topological polar surface area (TPSA) is 107 Å². The number of aromatic nitrogens is 3. The third-order valence-electron chi connectivity index (χ3n) is 8.57. The molecule has 0 bridgehead atoms. The van der Waals surface area contributed by atoms with Crippen molar-refractivity contribution in [2.45, 2.75) is 70.8 Å². The van der Waals surface area contributed by atoms with Crippen molar-refractivity contribution < 1.29 is 17.9 Å². The second-order valence-electron chi connectivity index (χ2n) is 12.7. The molecule has 1 aromatic carbocycles. The highest BCUT2D eigenvalue weighted by atomic mass is 35.5. The highest BCUT2D eigenvalue weighted by Crippen LogP contribution is 2.43. The number of aryl methyl sites for hydroxylation is 1. The minimum Gasteiger partial charge on any atom is -0.462 e. The molecule has 2 fully saturated rings. The molecule has 2 atom stereocenters. The Labute approximate surface area is 260 Å². The van der Waals surface area contributed by atoms with Crippen LogP contribution in [0, 0.1) is 18.3 Å². The molecule has 2 unspecified atom stereocenters. The van der Waals surface area contributed by atoms with Crippen molar-refractivity contribution in [3.05, 3.63) is 34.3 Å². The van der Waals surface area contributed by atoms with Crippen molar-refractivity contribution in [2.24, 2.45) is 0 Å². The third kappa shape index (κ3) is 6.50. The van der Waals surface area contributed by atoms with Crippen LogP contribution in [0.1, 0.15) is 51.2 Å². The van der Waals surface area contributed by atoms with Gasteiger partial charge in [-0.15, -0.1) is 0 Å². The number of likely N-dealkylation sites (N-methyl/N-ethyl adjacent to an activating group) is 1. The highest BCUT2D eigenvalue weighted by molar-refractivity contribution is 6.34. The Bertz CT molecular complexity index is 1590. The molecule has 0 aliphatic carbocycles. The number of ether oxygens (including phenoxy) is 1. The monoisotopic (exact) mass is 630 g/mol. The lowest BCUT2D eigenvalue weighted by atomic mass is 9.98. The van der Waals surface area contributed by atoms with Gasteiger partial charge in [-0.2, -0.15) is 28.4 Å². The number of hydrogen-bond acceptors (Lipinski definition) is 9. The summed E-state index contributed by atoms with van der Waals surface area (Å²) in [6.45, 7) is 10.9. The number of hydrogen-bond donors (Lipinski definition) is 1. The van der Waals surface area contributed by atoms with Crippen LogP contribution in [-0.2, 0) is 6.18 Å². The number of fused-ring (bicyclic) bond motifs is 1. The van der Waals surface area contributed by atoms with Gasteiger partial charge in [-0.1, -0.05) is 11.6 Å². The van der Waals surface area contributed by atoms with Crippen LogP contribution in [0.5, 0.6) is 6.01 Å². The number of likely N-dealkylation sites (tertiary alicyclic amines) is 1. The number of rotatable bonds is 6. The lowest BCUT2D eigenvalue weighted by molar-refractivity contribution is -0.137. The normalized spacial score (nSPS) is 20.3. The molecule has 236 valence electrons. The summed E-state index contributed by atoms with van der Waals surface area (Å²) in [6, 6.07) is 6.89. The zero-order valence-corrected chi connectivity index (χ0v) is 26.4. The Hall–Kier alpha value is -3.40. The lowest BCUT2D eigenvalue weighted by Crippen LogP contribution is -2.59. The number of alkyl halides is 3. The number of halogens is 4. The average molecular weight is 631 g/mol. The van der Waals surface area contributed by atoms with Gasteiger partial charge in [0.2, 0.25) is 0 Å². The molecule has 2 aliphatic heterocycles. The molecule has 0 amide bonds. The number of anilines is 2. The zero-order valence-electron chi connectivity index (χ0n) is 25.7. The average Bonchev–Trinajstić information content (AvgIpc) is 3.34. The van der Waals surface area contributed by atoms with E-state index in [0.717, 1.165) is 19.4 Å². The Balaban J connectivity index is 1.64. The summed E-state index contributed by atoms with van der Waals surface area (Å²) in [7, 11) is 2.05. The largest absolute Gasteiger partial charge is 0.462 e. The number of pyridine rings is 1. The first-order valence-corrected chi connectivity index (χ1v) is 15.1. The van der Waals surface area contributed by atoms with Gasteiger partial charge in [-0.25, -0.2) is 4.98 Å². The van der Waals surface area contributed by atoms with E-state index in [2.05, 4.69) is 51.5 Å². The van der Waals surface area contributed by atoms with Crippen LogP contribution in [0.2, 0.25) is 5.02 Å². The fourth-order valence-electron chi connectivity index (χ4n) is 6.42. The molecular weight excluding hydrogens is 593 g/mol. The Morgan fingerprint density at radius 2 is 1.84 bits per heavy atom. The Morgan fingerprint density at radius 1 is 1.09 bits per heavy atom. The molecule has 9 nitrogen and oxygen atoms in total. The molecule has 0 saturated carbocycles. The molecule has 5 rings (SSSR count). The number of benzene rings is 1. The van der Waals surface area contributed by atoms with Crippen LogP contribution in [-0.4, -0.2) is 82.2 Å². The maximum absolute atomic E-state index is 14.2. The van der Waals surface area contributed by atoms with E-state index < -0.39 is 11.7 Å². The molecule has 3 aromatic rings. The van der Waals surface area contributed by atoms with E-state index in [1.54, 1.807) is 6.07 Å². The molecule has 2 aromatic heterocycles. The van der Waals surface area contributed by atoms with Gasteiger partial charge in [0.1, 0.15) is 18.2 Å². The molecule has 2 aliphatic rings. The first kappa shape index (κ1) is 32.0. The SMILES string of the molecule is Cc1cc(N)nc(-c2cc3nc(OCC4CCCN4C)nc(N4CCN(C(C)(C)C)C(CC#N)C4)c3cc2Cl)c1C(F)(F)F. The molecule has 44 heavy (non-hydrogen) atoms. The summed E-state index contributed by atoms with van der Waals surface area (Å²) in [4.78, 5) is 20.2. The van der Waals surface area contributed by atoms with Gasteiger partial charge in [-0.05, 0) is 77.9 Å². The molecular formula is C31H38ClF3N8O. The third-order valence-corrected chi connectivity index (χ3v) is 8.88. The summed E-state index contributed by atoms with van der Waals surface area (Å²) in [6.07, 6.45) is -2.29. The fraction of sp³-hybridized carbons (Fsp3) is 0.548. The van der Waals surface area contributed by atoms with E-state index in [-0.39, 0.29) is 51.3 Å². The van der Waals surface area contributed by atoms with Gasteiger partial charge < -0.3 is 20.3 Å². The smallest absolute Gasteiger partial charge is 0.418 e. The molecule has 2 N–H and O–H groups in total. The molecule has 13 heteroatoms. The predicted molar refractivity (Wildman–Crippen MR) is 166 cm³/mol. The van der Waals surface area contributed by atoms with Crippen LogP contribution in [0.15, 0.2) is 18.2 Å². The van der Waals surface area contributed by atoms with Crippen LogP contribution in [0.4, 0.5) is 24.8 Å². The number of nitrogen functional groups attached to an aromatic ring is 1. The van der Waals surface area contributed by atoms with Crippen molar-refractivity contribution in [3.63, 3.8) is 0 Å². The van der Waals surface area contributed by atoms with Crippen LogP contribution < -0.4 is 15.4 Å². The maximum Gasteiger partial charge on any atom is 0.418 e. The van der Waals surface area contributed by atoms with Crippen molar-refractivity contribution in [3.8, 4) is 23.3 Å². The van der Waals surface area contributed by atoms with Crippen LogP contribution >= 0.6 is 11.6 Å². The van der Waals surface area contributed by atoms with Crippen LogP contribution in [0.25, 0.3) is 22.2 Å². The summed E-state index contributed by atoms with van der Waals surface area (Å²) in [5.74, 6) is 0.512. The minimum atomic E-state index is -4.68. The second kappa shape index (κ2) is 12.2. The van der Waals surface area contributed by atoms with Gasteiger partial charge in [-0.3, -0.25) is 4.90 Å². The fourth-order valence-corrected chi connectivity index (χ4v) is 6.67. The maximum atomic E-state index is 14.2. The molecule has 0 spiro atoms. The highest BCUT2D eigenvalue weighted by Gasteiger charge is 2.38. The minimum absolute atomic E-state index is 0.0463. The van der Waals surface area contributed by atoms with E-state index in [1.165, 1.54) is 19.1 Å². The van der Waals surface area contributed by atoms with E-state index in [0.29, 0.717) is 49.4 Å². The van der Waals surface area contributed by atoms with Gasteiger partial charge in [0, 0.05) is 48.2 Å². The first-order chi connectivity index (χ1) is 20.7. The number of nitrogens with two attached hydrogens (primary N) is 1. The van der Waals surface area contributed by atoms with E-state index >= 15 is 0 Å². The zero-order chi connectivity index (χ0) is 32.0. The Morgan fingerprint density at radius 3 is 2.48 bits per heavy atom. The second-order valence-corrected chi connectivity index (χ2v) is 13.1. The summed E-state index contributed by atoms with van der Waals surface area (Å²) < 4.78 is 48.8. The Kier molecular flexibility index (Phi) is 8.86. The molecule has 0 radical (unpaired) electrons. The number of piperazine rings is 1. The van der Waals surface area contributed by atoms with Crippen molar-refractivity contribution in [1.29, 1.82) is 5.26 Å². The van der Waals surface area contributed by atoms with Crippen molar-refractivity contribution >= 4 is 34.1 Å². The van der Waals surface area contributed by atoms with E-state index in [9.17, 15) is 18.4 Å². The summed E-state index contributed by atoms with van der Waals surface area (Å²) >= 11 is 6.73. The predicted octanol–water partition coefficient (Wildman–Crippen LogP) is 5.93. The van der Waals surface area contributed by atoms with E-state index in [4.69, 9.17) is 27.1 Å². The van der Waals surface area contributed by atoms with Gasteiger partial charge in [0.05, 0.1) is 34.3 Å². The van der Waals surface area contributed by atoms with Crippen molar-refractivity contribution in [1.82, 2.24) is 24.8 Å². The van der Waals surface area contributed by atoms with Crippen molar-refractivity contribution in [2.75, 3.05) is 50.5 Å². The van der Waals surface area contributed by atoms with Gasteiger partial charge in [0.25, 0.3) is 0 Å². The first-order valence-electron chi connectivity index (χ1n) is 14.7. The van der Waals surface area contributed by atoms with E-state index in [1.807, 2.05) is 7.05 Å². The molecule has 4 heterocycles. The molecule has 2 saturated heterocycles. The van der Waals surface area contributed by atoms with Gasteiger partial charge in [0.15, 0.2) is 0 Å². The quantitative estimate of drug-likeness (QED) is 0.355. The summed E-state index contributed by atoms with van der Waals surface area (Å²) in [5, 5.41) is 10.2. The van der Waals surface area contributed by atoms with Gasteiger partial charge >= 0.3 is 12.2 Å². The standard InChI is InChI=1S/C31H38ClF3N8O/c1-18-13-25(37)39-27(26(18)31(33,34)35)21-15-24-22(14-23(21)32)28(40-29(38-24)44-17-20-7-6-10-41(20)5)42-11-12-43(30(2,3)4)19(16-42)8-9-36/h13-15,19-20H,6-8,10-12,16-17H2,1-5H3,(H2,37,39). The number of nitrogens with zero attached hydrogens (tertiary/aromatic N) is 7. The summed E-state index contributed by atoms with van der Waals surface area (Å²) in [5.41, 5.74) is 4.89. The van der Waals surface area contributed by atoms with Crippen LogP contribution in [0.3, 0.4) is 0 Å². The number of nitriles is 1.